The predicted molar refractivity (Wildman–Crippen MR) is 139 cm³/mol. The highest BCUT2D eigenvalue weighted by Crippen LogP contribution is 2.21. The Hall–Kier alpha value is -3.93. The number of aromatic nitrogens is 2. The minimum Gasteiger partial charge on any atom is -0.344 e. The van der Waals surface area contributed by atoms with Crippen molar-refractivity contribution in [2.75, 3.05) is 0 Å². The second-order valence-electron chi connectivity index (χ2n) is 9.36. The van der Waals surface area contributed by atoms with Gasteiger partial charge in [0.25, 0.3) is 5.91 Å². The van der Waals surface area contributed by atoms with E-state index in [0.717, 1.165) is 22.2 Å². The van der Waals surface area contributed by atoms with Crippen LogP contribution < -0.4 is 10.6 Å². The van der Waals surface area contributed by atoms with Crippen LogP contribution in [0.2, 0.25) is 0 Å². The SMILES string of the molecule is Cc1ccccc1C(=O)N[C@H](CC(C)C)C(=O)N[C@@H](Cc1ccccc1)c1nc2ccccc2[nH]1. The van der Waals surface area contributed by atoms with Gasteiger partial charge < -0.3 is 15.6 Å². The number of benzene rings is 3. The molecule has 180 valence electrons. The maximum absolute atomic E-state index is 13.6. The van der Waals surface area contributed by atoms with Gasteiger partial charge in [-0.3, -0.25) is 9.59 Å². The largest absolute Gasteiger partial charge is 0.344 e. The molecule has 1 aromatic heterocycles. The number of carbonyl (C=O) groups is 2. The van der Waals surface area contributed by atoms with Crippen LogP contribution in [0.4, 0.5) is 0 Å². The van der Waals surface area contributed by atoms with Gasteiger partial charge in [-0.1, -0.05) is 74.5 Å². The van der Waals surface area contributed by atoms with Crippen molar-refractivity contribution in [2.24, 2.45) is 5.92 Å². The number of aryl methyl sites for hydroxylation is 1. The van der Waals surface area contributed by atoms with Gasteiger partial charge >= 0.3 is 0 Å². The molecule has 1 heterocycles. The highest BCUT2D eigenvalue weighted by molar-refractivity contribution is 5.98. The number of rotatable bonds is 9. The first kappa shape index (κ1) is 24.2. The Morgan fingerprint density at radius 2 is 1.57 bits per heavy atom. The number of H-pyrrole nitrogens is 1. The summed E-state index contributed by atoms with van der Waals surface area (Å²) in [5.41, 5.74) is 4.30. The molecular formula is C29H32N4O2. The van der Waals surface area contributed by atoms with Gasteiger partial charge in [-0.05, 0) is 55.0 Å². The zero-order chi connectivity index (χ0) is 24.8. The number of hydrogen-bond donors (Lipinski definition) is 3. The minimum absolute atomic E-state index is 0.220. The fourth-order valence-corrected chi connectivity index (χ4v) is 4.24. The molecular weight excluding hydrogens is 436 g/mol. The van der Waals surface area contributed by atoms with E-state index in [1.165, 1.54) is 0 Å². The smallest absolute Gasteiger partial charge is 0.252 e. The molecule has 4 aromatic rings. The van der Waals surface area contributed by atoms with E-state index in [4.69, 9.17) is 4.98 Å². The van der Waals surface area contributed by atoms with E-state index < -0.39 is 6.04 Å². The summed E-state index contributed by atoms with van der Waals surface area (Å²) >= 11 is 0. The first-order valence-corrected chi connectivity index (χ1v) is 12.1. The summed E-state index contributed by atoms with van der Waals surface area (Å²) < 4.78 is 0. The van der Waals surface area contributed by atoms with Crippen LogP contribution in [0.5, 0.6) is 0 Å². The van der Waals surface area contributed by atoms with Crippen molar-refractivity contribution in [1.29, 1.82) is 0 Å². The second-order valence-corrected chi connectivity index (χ2v) is 9.36. The number of imidazole rings is 1. The monoisotopic (exact) mass is 468 g/mol. The molecule has 0 saturated carbocycles. The maximum atomic E-state index is 13.6. The Bertz CT molecular complexity index is 1260. The molecule has 0 radical (unpaired) electrons. The molecule has 6 heteroatoms. The molecule has 0 aliphatic carbocycles. The lowest BCUT2D eigenvalue weighted by molar-refractivity contribution is -0.124. The third-order valence-electron chi connectivity index (χ3n) is 6.06. The van der Waals surface area contributed by atoms with Crippen molar-refractivity contribution >= 4 is 22.8 Å². The third-order valence-corrected chi connectivity index (χ3v) is 6.06. The number of aromatic amines is 1. The van der Waals surface area contributed by atoms with Gasteiger partial charge in [0.2, 0.25) is 5.91 Å². The van der Waals surface area contributed by atoms with Gasteiger partial charge in [0.1, 0.15) is 11.9 Å². The molecule has 0 fully saturated rings. The molecule has 3 aromatic carbocycles. The first-order valence-electron chi connectivity index (χ1n) is 12.1. The summed E-state index contributed by atoms with van der Waals surface area (Å²) in [7, 11) is 0. The van der Waals surface area contributed by atoms with Crippen molar-refractivity contribution in [3.05, 3.63) is 101 Å². The average molecular weight is 469 g/mol. The lowest BCUT2D eigenvalue weighted by Gasteiger charge is -2.24. The molecule has 0 unspecified atom stereocenters. The van der Waals surface area contributed by atoms with Gasteiger partial charge in [0.15, 0.2) is 0 Å². The Labute approximate surface area is 206 Å². The summed E-state index contributed by atoms with van der Waals surface area (Å²) in [4.78, 5) is 34.7. The van der Waals surface area contributed by atoms with E-state index in [2.05, 4.69) is 15.6 Å². The fraction of sp³-hybridized carbons (Fsp3) is 0.276. The van der Waals surface area contributed by atoms with E-state index in [1.807, 2.05) is 93.6 Å². The lowest BCUT2D eigenvalue weighted by atomic mass is 10.00. The van der Waals surface area contributed by atoms with Gasteiger partial charge in [0, 0.05) is 5.56 Å². The van der Waals surface area contributed by atoms with E-state index >= 15 is 0 Å². The number of nitrogens with one attached hydrogen (secondary N) is 3. The van der Waals surface area contributed by atoms with E-state index in [1.54, 1.807) is 6.07 Å². The lowest BCUT2D eigenvalue weighted by Crippen LogP contribution is -2.48. The van der Waals surface area contributed by atoms with E-state index in [0.29, 0.717) is 24.2 Å². The summed E-state index contributed by atoms with van der Waals surface area (Å²) in [6.45, 7) is 5.98. The van der Waals surface area contributed by atoms with E-state index in [-0.39, 0.29) is 23.8 Å². The fourth-order valence-electron chi connectivity index (χ4n) is 4.24. The second kappa shape index (κ2) is 11.0. The van der Waals surface area contributed by atoms with E-state index in [9.17, 15) is 9.59 Å². The summed E-state index contributed by atoms with van der Waals surface area (Å²) in [5.74, 6) is 0.452. The van der Waals surface area contributed by atoms with Crippen LogP contribution in [0.25, 0.3) is 11.0 Å². The highest BCUT2D eigenvalue weighted by Gasteiger charge is 2.27. The molecule has 2 amide bonds. The molecule has 2 atom stereocenters. The Morgan fingerprint density at radius 3 is 2.29 bits per heavy atom. The number of amides is 2. The van der Waals surface area contributed by atoms with Crippen LogP contribution >= 0.6 is 0 Å². The third kappa shape index (κ3) is 6.15. The predicted octanol–water partition coefficient (Wildman–Crippen LogP) is 5.12. The standard InChI is InChI=1S/C29H32N4O2/c1-19(2)17-26(33-28(34)22-14-8-7-11-20(22)3)29(35)32-25(18-21-12-5-4-6-13-21)27-30-23-15-9-10-16-24(23)31-27/h4-16,19,25-26H,17-18H2,1-3H3,(H,30,31)(H,32,35)(H,33,34)/t25-,26+/m0/s1. The summed E-state index contributed by atoms with van der Waals surface area (Å²) in [5, 5.41) is 6.14. The van der Waals surface area contributed by atoms with Gasteiger partial charge in [-0.15, -0.1) is 0 Å². The molecule has 6 nitrogen and oxygen atoms in total. The van der Waals surface area contributed by atoms with Crippen molar-refractivity contribution < 1.29 is 9.59 Å². The Balaban J connectivity index is 1.59. The Morgan fingerprint density at radius 1 is 0.886 bits per heavy atom. The topological polar surface area (TPSA) is 86.9 Å². The quantitative estimate of drug-likeness (QED) is 0.319. The average Bonchev–Trinajstić information content (AvgIpc) is 3.28. The Kier molecular flexibility index (Phi) is 7.60. The number of nitrogens with zero attached hydrogens (tertiary/aromatic N) is 1. The molecule has 0 spiro atoms. The maximum Gasteiger partial charge on any atom is 0.252 e. The van der Waals surface area contributed by atoms with Crippen LogP contribution in [0, 0.1) is 12.8 Å². The van der Waals surface area contributed by atoms with Crippen LogP contribution in [-0.4, -0.2) is 27.8 Å². The number of para-hydroxylation sites is 2. The van der Waals surface area contributed by atoms with Crippen LogP contribution in [0.1, 0.15) is 53.6 Å². The van der Waals surface area contributed by atoms with Crippen molar-refractivity contribution in [3.8, 4) is 0 Å². The molecule has 35 heavy (non-hydrogen) atoms. The number of hydrogen-bond acceptors (Lipinski definition) is 3. The van der Waals surface area contributed by atoms with Crippen LogP contribution in [-0.2, 0) is 11.2 Å². The van der Waals surface area contributed by atoms with Crippen molar-refractivity contribution in [2.45, 2.75) is 45.7 Å². The van der Waals surface area contributed by atoms with Gasteiger partial charge in [-0.25, -0.2) is 4.98 Å². The highest BCUT2D eigenvalue weighted by atomic mass is 16.2. The number of carbonyl (C=O) groups excluding carboxylic acids is 2. The van der Waals surface area contributed by atoms with Crippen molar-refractivity contribution in [3.63, 3.8) is 0 Å². The molecule has 0 bridgehead atoms. The minimum atomic E-state index is -0.662. The summed E-state index contributed by atoms with van der Waals surface area (Å²) in [6, 6.07) is 24.2. The normalized spacial score (nSPS) is 12.9. The molecule has 3 N–H and O–H groups in total. The first-order chi connectivity index (χ1) is 16.9. The van der Waals surface area contributed by atoms with Crippen LogP contribution in [0.15, 0.2) is 78.9 Å². The molecule has 4 rings (SSSR count). The summed E-state index contributed by atoms with van der Waals surface area (Å²) in [6.07, 6.45) is 1.11. The molecule has 0 aliphatic rings. The zero-order valence-corrected chi connectivity index (χ0v) is 20.4. The zero-order valence-electron chi connectivity index (χ0n) is 20.4. The van der Waals surface area contributed by atoms with Crippen LogP contribution in [0.3, 0.4) is 0 Å². The van der Waals surface area contributed by atoms with Gasteiger partial charge in [-0.2, -0.15) is 0 Å². The van der Waals surface area contributed by atoms with Gasteiger partial charge in [0.05, 0.1) is 17.1 Å². The molecule has 0 saturated heterocycles. The molecule has 0 aliphatic heterocycles. The number of fused-ring (bicyclic) bond motifs is 1. The van der Waals surface area contributed by atoms with Crippen molar-refractivity contribution in [1.82, 2.24) is 20.6 Å².